The molecule has 0 aliphatic heterocycles. The van der Waals surface area contributed by atoms with E-state index in [2.05, 4.69) is 149 Å². The third kappa shape index (κ3) is 7.60. The Morgan fingerprint density at radius 3 is 1.32 bits per heavy atom. The molecule has 2 atom stereocenters. The molecule has 6 rings (SSSR count). The zero-order chi connectivity index (χ0) is 40.4. The van der Waals surface area contributed by atoms with Crippen molar-refractivity contribution < 1.29 is 25.5 Å². The molecule has 4 aromatic carbocycles. The van der Waals surface area contributed by atoms with Gasteiger partial charge in [-0.1, -0.05) is 0 Å². The van der Waals surface area contributed by atoms with E-state index < -0.39 is 27.8 Å². The number of nitrogens with one attached hydrogen (secondary N) is 2. The van der Waals surface area contributed by atoms with Crippen molar-refractivity contribution in [3.05, 3.63) is 129 Å². The summed E-state index contributed by atoms with van der Waals surface area (Å²) in [5, 5.41) is 6.60. The number of aryl methyl sites for hydroxylation is 2. The topological polar surface area (TPSA) is 58.2 Å². The zero-order valence-corrected chi connectivity index (χ0v) is 39.5. The van der Waals surface area contributed by atoms with Crippen molar-refractivity contribution in [1.82, 2.24) is 10.5 Å². The number of allylic oxidation sites excluding steroid dienone is 2. The Morgan fingerprint density at radius 1 is 0.589 bits per heavy atom. The van der Waals surface area contributed by atoms with Crippen LogP contribution in [0.4, 0.5) is 0 Å². The predicted molar refractivity (Wildman–Crippen MR) is 237 cm³/mol. The van der Waals surface area contributed by atoms with Crippen LogP contribution >= 0.6 is 17.2 Å². The average molecular weight is 955 g/mol. The van der Waals surface area contributed by atoms with Crippen molar-refractivity contribution in [3.8, 4) is 22.3 Å². The SMILES string of the molecule is CCCc1ccccc1-c1cccc2c1C=C(C(C)C)[CH]2[Hf]([Cl])([Cl])([B](NC(=O)CC)NC(=O)CC)[CH]1C(C(C)C)=Cc2c(-c3ccccc3CCC)cccc21. The number of benzene rings is 4. The van der Waals surface area contributed by atoms with E-state index in [0.29, 0.717) is 0 Å². The summed E-state index contributed by atoms with van der Waals surface area (Å²) in [6, 6.07) is 30.5. The van der Waals surface area contributed by atoms with Gasteiger partial charge in [0.1, 0.15) is 0 Å². The first kappa shape index (κ1) is 42.4. The molecule has 8 heteroatoms. The third-order valence-corrected chi connectivity index (χ3v) is 40.4. The maximum absolute atomic E-state index is 13.7. The quantitative estimate of drug-likeness (QED) is 0.117. The molecule has 0 saturated heterocycles. The number of halogens is 2. The maximum atomic E-state index is 13.7. The second-order valence-electron chi connectivity index (χ2n) is 16.4. The molecule has 293 valence electrons. The molecule has 0 spiro atoms. The average Bonchev–Trinajstić information content (AvgIpc) is 3.80. The Labute approximate surface area is 344 Å². The fraction of sp³-hybridized carbons (Fsp3) is 0.375. The summed E-state index contributed by atoms with van der Waals surface area (Å²) in [5.74, 6) is -0.213. The molecule has 56 heavy (non-hydrogen) atoms. The standard InChI is InChI=1S/2C21H23.C6H11BN2O2.2ClH.Hf/c2*1-4-8-16-9-5-6-11-19(16)20-12-7-10-17-13-18(15(2)3)14-21(17)20;1-3-5(10)8-7-9-6(11)4-2;;;/h2*5-7,9-15H,4,8H2,1-3H3;3-4H2,1-2H3,(H-,8,9,10,11);2*1H;/q;;;;;+1/p-1. The van der Waals surface area contributed by atoms with Gasteiger partial charge in [0, 0.05) is 0 Å². The number of carbonyl (C=O) groups excluding carboxylic acids is 2. The number of amides is 2. The van der Waals surface area contributed by atoms with Crippen LogP contribution < -0.4 is 10.5 Å². The number of carbonyl (C=O) groups is 2. The molecule has 0 radical (unpaired) electrons. The van der Waals surface area contributed by atoms with Crippen LogP contribution in [0.2, 0.25) is 0 Å². The molecule has 0 heterocycles. The van der Waals surface area contributed by atoms with E-state index in [-0.39, 0.29) is 36.5 Å². The summed E-state index contributed by atoms with van der Waals surface area (Å²) in [4.78, 5) is 27.5. The van der Waals surface area contributed by atoms with Gasteiger partial charge in [0.05, 0.1) is 0 Å². The van der Waals surface area contributed by atoms with Crippen LogP contribution in [0.3, 0.4) is 0 Å². The van der Waals surface area contributed by atoms with Crippen LogP contribution in [0.1, 0.15) is 122 Å². The van der Waals surface area contributed by atoms with Gasteiger partial charge in [-0.05, 0) is 0 Å². The molecule has 0 bridgehead atoms. The van der Waals surface area contributed by atoms with Gasteiger partial charge in [-0.25, -0.2) is 0 Å². The molecule has 0 aromatic heterocycles. The van der Waals surface area contributed by atoms with Crippen molar-refractivity contribution in [2.75, 3.05) is 0 Å². The Hall–Kier alpha value is -3.18. The van der Waals surface area contributed by atoms with Crippen LogP contribution in [0.5, 0.6) is 0 Å². The fourth-order valence-electron chi connectivity index (χ4n) is 9.43. The van der Waals surface area contributed by atoms with Gasteiger partial charge in [0.2, 0.25) is 0 Å². The molecule has 2 unspecified atom stereocenters. The van der Waals surface area contributed by atoms with Gasteiger partial charge in [-0.2, -0.15) is 0 Å². The predicted octanol–water partition coefficient (Wildman–Crippen LogP) is 12.8. The van der Waals surface area contributed by atoms with Gasteiger partial charge in [0.15, 0.2) is 0 Å². The van der Waals surface area contributed by atoms with Crippen molar-refractivity contribution in [2.24, 2.45) is 11.8 Å². The Kier molecular flexibility index (Phi) is 13.1. The summed E-state index contributed by atoms with van der Waals surface area (Å²) in [6.07, 6.45) is 9.18. The van der Waals surface area contributed by atoms with Gasteiger partial charge in [-0.3, -0.25) is 0 Å². The Balaban J connectivity index is 1.72. The molecule has 2 aliphatic rings. The molecule has 2 N–H and O–H groups in total. The third-order valence-electron chi connectivity index (χ3n) is 12.1. The first-order valence-corrected chi connectivity index (χ1v) is 35.9. The number of hydrogen-bond donors (Lipinski definition) is 2. The minimum absolute atomic E-state index is 0.0862. The molecule has 2 aliphatic carbocycles. The summed E-state index contributed by atoms with van der Waals surface area (Å²) >= 11 is -6.21. The van der Waals surface area contributed by atoms with Gasteiger partial charge >= 0.3 is 346 Å². The number of hydrogen-bond acceptors (Lipinski definition) is 2. The van der Waals surface area contributed by atoms with Crippen LogP contribution in [0.25, 0.3) is 34.4 Å². The Bertz CT molecular complexity index is 2040. The van der Waals surface area contributed by atoms with E-state index in [1.165, 1.54) is 22.3 Å². The van der Waals surface area contributed by atoms with Crippen molar-refractivity contribution in [1.29, 1.82) is 0 Å². The first-order chi connectivity index (χ1) is 26.8. The van der Waals surface area contributed by atoms with E-state index in [4.69, 9.17) is 17.2 Å². The fourth-order valence-corrected chi connectivity index (χ4v) is 39.6. The monoisotopic (exact) mass is 955 g/mol. The van der Waals surface area contributed by atoms with Crippen molar-refractivity contribution in [3.63, 3.8) is 0 Å². The summed E-state index contributed by atoms with van der Waals surface area (Å²) in [7, 11) is 17.9. The first-order valence-electron chi connectivity index (χ1n) is 20.8. The minimum atomic E-state index is -6.21. The summed E-state index contributed by atoms with van der Waals surface area (Å²) in [6.45, 7) is 17.0. The van der Waals surface area contributed by atoms with Gasteiger partial charge in [0.25, 0.3) is 0 Å². The molecular formula is C48H58BCl2HfN2O2. The van der Waals surface area contributed by atoms with Crippen LogP contribution in [0, 0.1) is 11.8 Å². The van der Waals surface area contributed by atoms with E-state index in [0.717, 1.165) is 70.2 Å². The van der Waals surface area contributed by atoms with Crippen LogP contribution in [-0.2, 0) is 38.3 Å². The zero-order valence-electron chi connectivity index (χ0n) is 34.4. The molecule has 0 fully saturated rings. The molecule has 4 nitrogen and oxygen atoms in total. The molecule has 4 aromatic rings. The van der Waals surface area contributed by atoms with E-state index in [9.17, 15) is 9.59 Å². The second-order valence-corrected chi connectivity index (χ2v) is 46.8. The second kappa shape index (κ2) is 17.4. The number of rotatable bonds is 15. The van der Waals surface area contributed by atoms with E-state index in [1.54, 1.807) is 0 Å². The van der Waals surface area contributed by atoms with Gasteiger partial charge < -0.3 is 0 Å². The van der Waals surface area contributed by atoms with E-state index >= 15 is 0 Å². The van der Waals surface area contributed by atoms with E-state index in [1.807, 2.05) is 13.8 Å². The molecular weight excluding hydrogens is 897 g/mol. The van der Waals surface area contributed by atoms with Crippen molar-refractivity contribution in [2.45, 2.75) is 101 Å². The molecule has 0 saturated carbocycles. The summed E-state index contributed by atoms with van der Waals surface area (Å²) < 4.78 is -1.76. The van der Waals surface area contributed by atoms with Gasteiger partial charge in [-0.15, -0.1) is 0 Å². The normalized spacial score (nSPS) is 16.8. The van der Waals surface area contributed by atoms with Crippen LogP contribution in [-0.4, -0.2) is 16.4 Å². The van der Waals surface area contributed by atoms with Crippen LogP contribution in [0.15, 0.2) is 96.1 Å². The molecule has 2 amide bonds. The van der Waals surface area contributed by atoms with Crippen molar-refractivity contribution >= 4 is 45.7 Å². The number of fused-ring (bicyclic) bond motifs is 2. The summed E-state index contributed by atoms with van der Waals surface area (Å²) in [5.41, 5.74) is 14.1. The Morgan fingerprint density at radius 2 is 0.964 bits per heavy atom.